The number of nitrogens with zero attached hydrogens (tertiary/aromatic N) is 2. The summed E-state index contributed by atoms with van der Waals surface area (Å²) in [4.78, 5) is 21.4. The predicted octanol–water partition coefficient (Wildman–Crippen LogP) is 3.70. The van der Waals surface area contributed by atoms with Crippen molar-refractivity contribution in [1.29, 1.82) is 0 Å². The minimum atomic E-state index is -0.708. The molecule has 0 spiro atoms. The number of hydrogen-bond acceptors (Lipinski definition) is 5. The fourth-order valence-corrected chi connectivity index (χ4v) is 3.12. The number of thiophene rings is 1. The second-order valence-corrected chi connectivity index (χ2v) is 6.11. The Balaban J connectivity index is 1.78. The summed E-state index contributed by atoms with van der Waals surface area (Å²) in [5.74, 6) is 0.196. The van der Waals surface area contributed by atoms with Crippen molar-refractivity contribution in [1.82, 2.24) is 9.97 Å². The van der Waals surface area contributed by atoms with Crippen LogP contribution in [0.2, 0.25) is 0 Å². The van der Waals surface area contributed by atoms with Crippen LogP contribution < -0.4 is 5.32 Å². The number of rotatable bonds is 9. The molecule has 0 bridgehead atoms. The first-order valence-corrected chi connectivity index (χ1v) is 8.21. The second kappa shape index (κ2) is 7.93. The summed E-state index contributed by atoms with van der Waals surface area (Å²) in [6.45, 7) is 3.00. The third-order valence-corrected chi connectivity index (χ3v) is 4.53. The molecule has 0 unspecified atom stereocenters. The van der Waals surface area contributed by atoms with Crippen LogP contribution in [-0.4, -0.2) is 27.6 Å². The molecule has 5 nitrogen and oxygen atoms in total. The Morgan fingerprint density at radius 3 is 2.86 bits per heavy atom. The number of carbonyl (C=O) groups is 1. The van der Waals surface area contributed by atoms with Gasteiger partial charge in [-0.25, -0.2) is 9.97 Å². The van der Waals surface area contributed by atoms with Crippen LogP contribution in [0, 0.1) is 0 Å². The van der Waals surface area contributed by atoms with E-state index in [1.165, 1.54) is 4.88 Å². The Kier molecular flexibility index (Phi) is 5.92. The number of aromatic nitrogens is 2. The molecule has 2 heterocycles. The van der Waals surface area contributed by atoms with Gasteiger partial charge in [0.2, 0.25) is 0 Å². The molecule has 114 valence electrons. The molecule has 0 fully saturated rings. The fraction of sp³-hybridized carbons (Fsp3) is 0.533. The quantitative estimate of drug-likeness (QED) is 0.691. The standard InChI is InChI=1S/C15H21N3O2S/c1-2-11-9-12-14(17-10-18-15(12)21-11)16-8-6-4-3-5-7-13(19)20/h9-10H,2-8H2,1H3,(H,19,20)(H,16,17,18). The summed E-state index contributed by atoms with van der Waals surface area (Å²) in [6.07, 6.45) is 6.68. The molecule has 2 rings (SSSR count). The zero-order chi connectivity index (χ0) is 15.1. The Bertz CT molecular complexity index is 598. The first-order valence-electron chi connectivity index (χ1n) is 7.39. The minimum Gasteiger partial charge on any atom is -0.481 e. The van der Waals surface area contributed by atoms with Crippen LogP contribution in [0.3, 0.4) is 0 Å². The summed E-state index contributed by atoms with van der Waals surface area (Å²) in [7, 11) is 0. The summed E-state index contributed by atoms with van der Waals surface area (Å²) < 4.78 is 0. The maximum atomic E-state index is 10.4. The number of carboxylic acid groups (broad SMARTS) is 1. The Morgan fingerprint density at radius 1 is 1.29 bits per heavy atom. The van der Waals surface area contributed by atoms with Gasteiger partial charge in [0.1, 0.15) is 17.0 Å². The summed E-state index contributed by atoms with van der Waals surface area (Å²) in [6, 6.07) is 2.16. The Labute approximate surface area is 128 Å². The van der Waals surface area contributed by atoms with Gasteiger partial charge >= 0.3 is 5.97 Å². The Hall–Kier alpha value is -1.69. The monoisotopic (exact) mass is 307 g/mol. The fourth-order valence-electron chi connectivity index (χ4n) is 2.18. The van der Waals surface area contributed by atoms with Crippen molar-refractivity contribution in [2.75, 3.05) is 11.9 Å². The van der Waals surface area contributed by atoms with Crippen molar-refractivity contribution in [3.05, 3.63) is 17.3 Å². The van der Waals surface area contributed by atoms with Crippen LogP contribution in [0.4, 0.5) is 5.82 Å². The van der Waals surface area contributed by atoms with E-state index >= 15 is 0 Å². The van der Waals surface area contributed by atoms with Gasteiger partial charge in [-0.3, -0.25) is 4.79 Å². The number of hydrogen-bond donors (Lipinski definition) is 2. The molecule has 0 saturated heterocycles. The molecular formula is C15H21N3O2S. The van der Waals surface area contributed by atoms with Gasteiger partial charge in [-0.15, -0.1) is 11.3 Å². The number of aliphatic carboxylic acids is 1. The topological polar surface area (TPSA) is 75.1 Å². The van der Waals surface area contributed by atoms with E-state index in [2.05, 4.69) is 28.3 Å². The molecule has 2 aromatic rings. The molecule has 21 heavy (non-hydrogen) atoms. The third-order valence-electron chi connectivity index (χ3n) is 3.34. The van der Waals surface area contributed by atoms with Crippen molar-refractivity contribution in [2.45, 2.75) is 45.4 Å². The van der Waals surface area contributed by atoms with Crippen molar-refractivity contribution < 1.29 is 9.90 Å². The summed E-state index contributed by atoms with van der Waals surface area (Å²) in [5, 5.41) is 13.0. The molecule has 6 heteroatoms. The van der Waals surface area contributed by atoms with E-state index in [0.29, 0.717) is 0 Å². The van der Waals surface area contributed by atoms with Crippen molar-refractivity contribution in [3.8, 4) is 0 Å². The first kappa shape index (κ1) is 15.7. The van der Waals surface area contributed by atoms with Crippen molar-refractivity contribution in [2.24, 2.45) is 0 Å². The van der Waals surface area contributed by atoms with Crippen LogP contribution >= 0.6 is 11.3 Å². The lowest BCUT2D eigenvalue weighted by molar-refractivity contribution is -0.137. The normalized spacial score (nSPS) is 10.9. The molecule has 0 saturated carbocycles. The van der Waals surface area contributed by atoms with Crippen LogP contribution in [0.25, 0.3) is 10.2 Å². The molecule has 0 aromatic carbocycles. The third kappa shape index (κ3) is 4.67. The molecule has 0 radical (unpaired) electrons. The van der Waals surface area contributed by atoms with Crippen LogP contribution in [0.1, 0.15) is 43.9 Å². The van der Waals surface area contributed by atoms with Crippen LogP contribution in [0.5, 0.6) is 0 Å². The largest absolute Gasteiger partial charge is 0.481 e. The highest BCUT2D eigenvalue weighted by atomic mass is 32.1. The lowest BCUT2D eigenvalue weighted by Crippen LogP contribution is -2.04. The van der Waals surface area contributed by atoms with E-state index in [1.54, 1.807) is 17.7 Å². The molecule has 0 aliphatic rings. The Morgan fingerprint density at radius 2 is 2.10 bits per heavy atom. The number of aryl methyl sites for hydroxylation is 1. The molecule has 0 atom stereocenters. The smallest absolute Gasteiger partial charge is 0.303 e. The average Bonchev–Trinajstić information content (AvgIpc) is 2.90. The summed E-state index contributed by atoms with van der Waals surface area (Å²) in [5.41, 5.74) is 0. The lowest BCUT2D eigenvalue weighted by Gasteiger charge is -2.06. The van der Waals surface area contributed by atoms with E-state index in [9.17, 15) is 4.79 Å². The molecule has 0 amide bonds. The highest BCUT2D eigenvalue weighted by molar-refractivity contribution is 7.18. The van der Waals surface area contributed by atoms with E-state index in [1.807, 2.05) is 0 Å². The zero-order valence-electron chi connectivity index (χ0n) is 12.3. The van der Waals surface area contributed by atoms with Gasteiger partial charge in [-0.05, 0) is 25.3 Å². The molecule has 0 aliphatic heterocycles. The second-order valence-electron chi connectivity index (χ2n) is 4.99. The van der Waals surface area contributed by atoms with Gasteiger partial charge in [-0.1, -0.05) is 19.8 Å². The summed E-state index contributed by atoms with van der Waals surface area (Å²) >= 11 is 1.72. The van der Waals surface area contributed by atoms with Crippen molar-refractivity contribution >= 4 is 33.3 Å². The average molecular weight is 307 g/mol. The maximum absolute atomic E-state index is 10.4. The van der Waals surface area contributed by atoms with Gasteiger partial charge in [-0.2, -0.15) is 0 Å². The number of fused-ring (bicyclic) bond motifs is 1. The first-order chi connectivity index (χ1) is 10.2. The number of anilines is 1. The number of nitrogens with one attached hydrogen (secondary N) is 1. The van der Waals surface area contributed by atoms with Gasteiger partial charge in [0.25, 0.3) is 0 Å². The minimum absolute atomic E-state index is 0.272. The maximum Gasteiger partial charge on any atom is 0.303 e. The van der Waals surface area contributed by atoms with Gasteiger partial charge < -0.3 is 10.4 Å². The van der Waals surface area contributed by atoms with Gasteiger partial charge in [0, 0.05) is 17.8 Å². The highest BCUT2D eigenvalue weighted by Gasteiger charge is 2.07. The zero-order valence-corrected chi connectivity index (χ0v) is 13.1. The van der Waals surface area contributed by atoms with Crippen molar-refractivity contribution in [3.63, 3.8) is 0 Å². The molecule has 2 aromatic heterocycles. The van der Waals surface area contributed by atoms with Gasteiger partial charge in [0.05, 0.1) is 5.39 Å². The van der Waals surface area contributed by atoms with Crippen LogP contribution in [-0.2, 0) is 11.2 Å². The molecule has 2 N–H and O–H groups in total. The number of carboxylic acids is 1. The SMILES string of the molecule is CCc1cc2c(NCCCCCCC(=O)O)ncnc2s1. The van der Waals surface area contributed by atoms with E-state index < -0.39 is 5.97 Å². The molecule has 0 aliphatic carbocycles. The number of unbranched alkanes of at least 4 members (excludes halogenated alkanes) is 3. The highest BCUT2D eigenvalue weighted by Crippen LogP contribution is 2.28. The molecular weight excluding hydrogens is 286 g/mol. The van der Waals surface area contributed by atoms with E-state index in [-0.39, 0.29) is 6.42 Å². The lowest BCUT2D eigenvalue weighted by atomic mass is 10.1. The van der Waals surface area contributed by atoms with E-state index in [0.717, 1.165) is 54.7 Å². The van der Waals surface area contributed by atoms with Gasteiger partial charge in [0.15, 0.2) is 0 Å². The van der Waals surface area contributed by atoms with Crippen LogP contribution in [0.15, 0.2) is 12.4 Å². The van der Waals surface area contributed by atoms with E-state index in [4.69, 9.17) is 5.11 Å². The predicted molar refractivity (Wildman–Crippen MR) is 86.0 cm³/mol.